The summed E-state index contributed by atoms with van der Waals surface area (Å²) in [5.74, 6) is -1.16. The van der Waals surface area contributed by atoms with Crippen molar-refractivity contribution >= 4 is 18.0 Å². The number of amides is 1. The molecule has 26 heavy (non-hydrogen) atoms. The van der Waals surface area contributed by atoms with Crippen molar-refractivity contribution in [1.82, 2.24) is 0 Å². The molecule has 1 aromatic carbocycles. The summed E-state index contributed by atoms with van der Waals surface area (Å²) in [6.07, 6.45) is 8.21. The van der Waals surface area contributed by atoms with Gasteiger partial charge in [0.2, 0.25) is 5.91 Å². The SMILES string of the molecule is C=C(C(=O)O)C(CC)CCCCC.C=CC(N)=O.C=Cc1ccccc1. The highest BCUT2D eigenvalue weighted by Gasteiger charge is 2.15. The molecule has 1 unspecified atom stereocenters. The van der Waals surface area contributed by atoms with E-state index in [0.29, 0.717) is 5.57 Å². The number of unbranched alkanes of at least 4 members (excludes halogenated alkanes) is 2. The molecule has 0 aromatic heterocycles. The van der Waals surface area contributed by atoms with Gasteiger partial charge in [-0.1, -0.05) is 89.3 Å². The Morgan fingerprint density at radius 1 is 1.15 bits per heavy atom. The number of carbonyl (C=O) groups is 2. The monoisotopic (exact) mass is 359 g/mol. The van der Waals surface area contributed by atoms with Crippen molar-refractivity contribution in [3.8, 4) is 0 Å². The minimum Gasteiger partial charge on any atom is -0.478 e. The summed E-state index contributed by atoms with van der Waals surface area (Å²) in [4.78, 5) is 20.1. The lowest BCUT2D eigenvalue weighted by Crippen LogP contribution is -2.10. The third kappa shape index (κ3) is 14.9. The standard InChI is InChI=1S/C11H20O2.C8H8.C3H5NO/c1-4-6-7-8-10(5-2)9(3)11(12)13;1-2-8-6-4-3-5-7-8;1-2-3(4)5/h10H,3-8H2,1-2H3,(H,12,13);2-7H,1H2;2H,1H2,(H2,4,5). The van der Waals surface area contributed by atoms with Gasteiger partial charge in [0, 0.05) is 5.57 Å². The molecule has 0 aliphatic heterocycles. The second-order valence-corrected chi connectivity index (χ2v) is 5.65. The van der Waals surface area contributed by atoms with Crippen molar-refractivity contribution in [3.63, 3.8) is 0 Å². The van der Waals surface area contributed by atoms with Crippen LogP contribution in [0.25, 0.3) is 6.08 Å². The molecule has 0 saturated carbocycles. The fraction of sp³-hybridized carbons (Fsp3) is 0.364. The number of benzene rings is 1. The Morgan fingerprint density at radius 2 is 1.69 bits per heavy atom. The Bertz CT molecular complexity index is 550. The first-order valence-corrected chi connectivity index (χ1v) is 8.85. The van der Waals surface area contributed by atoms with Crippen LogP contribution in [-0.4, -0.2) is 17.0 Å². The zero-order valence-electron chi connectivity index (χ0n) is 16.1. The topological polar surface area (TPSA) is 80.4 Å². The molecule has 0 aliphatic rings. The number of hydrogen-bond donors (Lipinski definition) is 2. The van der Waals surface area contributed by atoms with E-state index in [1.807, 2.05) is 43.3 Å². The Kier molecular flexibility index (Phi) is 17.0. The fourth-order valence-corrected chi connectivity index (χ4v) is 2.03. The van der Waals surface area contributed by atoms with E-state index < -0.39 is 11.9 Å². The summed E-state index contributed by atoms with van der Waals surface area (Å²) in [5.41, 5.74) is 6.08. The minimum absolute atomic E-state index is 0.170. The Morgan fingerprint density at radius 3 is 2.00 bits per heavy atom. The number of aliphatic carboxylic acids is 1. The molecular weight excluding hydrogens is 326 g/mol. The van der Waals surface area contributed by atoms with Crippen molar-refractivity contribution in [1.29, 1.82) is 0 Å². The molecule has 0 aliphatic carbocycles. The van der Waals surface area contributed by atoms with E-state index in [-0.39, 0.29) is 5.92 Å². The first-order valence-electron chi connectivity index (χ1n) is 8.85. The molecule has 1 amide bonds. The number of hydrogen-bond acceptors (Lipinski definition) is 2. The zero-order valence-corrected chi connectivity index (χ0v) is 16.1. The second-order valence-electron chi connectivity index (χ2n) is 5.65. The molecule has 1 rings (SSSR count). The van der Waals surface area contributed by atoms with E-state index in [0.717, 1.165) is 25.3 Å². The van der Waals surface area contributed by atoms with Crippen LogP contribution in [0.2, 0.25) is 0 Å². The van der Waals surface area contributed by atoms with Crippen molar-refractivity contribution in [2.45, 2.75) is 46.0 Å². The molecule has 4 nitrogen and oxygen atoms in total. The third-order valence-corrected chi connectivity index (χ3v) is 3.65. The number of carboxylic acids is 1. The van der Waals surface area contributed by atoms with Crippen LogP contribution < -0.4 is 5.73 Å². The predicted octanol–water partition coefficient (Wildman–Crippen LogP) is 5.22. The Labute approximate surface area is 158 Å². The first kappa shape index (κ1) is 25.6. The average molecular weight is 360 g/mol. The highest BCUT2D eigenvalue weighted by atomic mass is 16.4. The van der Waals surface area contributed by atoms with Gasteiger partial charge in [-0.15, -0.1) is 0 Å². The largest absolute Gasteiger partial charge is 0.478 e. The van der Waals surface area contributed by atoms with Crippen molar-refractivity contribution in [2.75, 3.05) is 0 Å². The van der Waals surface area contributed by atoms with Crippen LogP contribution in [0, 0.1) is 5.92 Å². The number of carboxylic acid groups (broad SMARTS) is 1. The third-order valence-electron chi connectivity index (χ3n) is 3.65. The second kappa shape index (κ2) is 17.2. The van der Waals surface area contributed by atoms with Crippen LogP contribution in [0.1, 0.15) is 51.5 Å². The first-order chi connectivity index (χ1) is 12.3. The normalized spacial score (nSPS) is 10.1. The van der Waals surface area contributed by atoms with Crippen LogP contribution in [-0.2, 0) is 9.59 Å². The van der Waals surface area contributed by atoms with Crippen molar-refractivity contribution < 1.29 is 14.7 Å². The predicted molar refractivity (Wildman–Crippen MR) is 111 cm³/mol. The summed E-state index contributed by atoms with van der Waals surface area (Å²) in [6.45, 7) is 14.5. The zero-order chi connectivity index (χ0) is 20.4. The molecule has 1 aromatic rings. The van der Waals surface area contributed by atoms with E-state index in [9.17, 15) is 9.59 Å². The molecule has 0 saturated heterocycles. The maximum Gasteiger partial charge on any atom is 0.331 e. The van der Waals surface area contributed by atoms with Gasteiger partial charge in [-0.05, 0) is 30.4 Å². The number of rotatable bonds is 9. The number of nitrogens with two attached hydrogens (primary N) is 1. The van der Waals surface area contributed by atoms with Gasteiger partial charge in [0.05, 0.1) is 0 Å². The molecule has 0 bridgehead atoms. The van der Waals surface area contributed by atoms with Gasteiger partial charge >= 0.3 is 5.97 Å². The molecule has 1 atom stereocenters. The summed E-state index contributed by atoms with van der Waals surface area (Å²) < 4.78 is 0. The molecule has 0 heterocycles. The van der Waals surface area contributed by atoms with Crippen LogP contribution in [0.15, 0.2) is 61.7 Å². The van der Waals surface area contributed by atoms with Gasteiger partial charge in [0.15, 0.2) is 0 Å². The Hall–Kier alpha value is -2.62. The van der Waals surface area contributed by atoms with Crippen LogP contribution in [0.5, 0.6) is 0 Å². The van der Waals surface area contributed by atoms with Gasteiger partial charge in [0.25, 0.3) is 0 Å². The summed E-state index contributed by atoms with van der Waals surface area (Å²) >= 11 is 0. The highest BCUT2D eigenvalue weighted by Crippen LogP contribution is 2.20. The van der Waals surface area contributed by atoms with Gasteiger partial charge in [0.1, 0.15) is 0 Å². The maximum atomic E-state index is 10.6. The highest BCUT2D eigenvalue weighted by molar-refractivity contribution is 5.86. The summed E-state index contributed by atoms with van der Waals surface area (Å²) in [5, 5.41) is 8.74. The maximum absolute atomic E-state index is 10.6. The van der Waals surface area contributed by atoms with E-state index in [4.69, 9.17) is 5.11 Å². The lowest BCUT2D eigenvalue weighted by Gasteiger charge is -2.13. The molecule has 0 spiro atoms. The van der Waals surface area contributed by atoms with Crippen LogP contribution in [0.4, 0.5) is 0 Å². The number of carbonyl (C=O) groups excluding carboxylic acids is 1. The van der Waals surface area contributed by atoms with E-state index in [2.05, 4.69) is 32.4 Å². The lowest BCUT2D eigenvalue weighted by molar-refractivity contribution is -0.133. The van der Waals surface area contributed by atoms with E-state index in [1.165, 1.54) is 18.4 Å². The summed E-state index contributed by atoms with van der Waals surface area (Å²) in [6, 6.07) is 10.0. The molecule has 4 heteroatoms. The minimum atomic E-state index is -0.844. The van der Waals surface area contributed by atoms with Crippen molar-refractivity contribution in [3.05, 3.63) is 67.3 Å². The van der Waals surface area contributed by atoms with E-state index in [1.54, 1.807) is 0 Å². The fourth-order valence-electron chi connectivity index (χ4n) is 2.03. The van der Waals surface area contributed by atoms with Crippen LogP contribution >= 0.6 is 0 Å². The smallest absolute Gasteiger partial charge is 0.331 e. The number of primary amides is 1. The molecule has 0 radical (unpaired) electrons. The molecular formula is C22H33NO3. The molecule has 0 fully saturated rings. The van der Waals surface area contributed by atoms with Gasteiger partial charge in [-0.25, -0.2) is 4.79 Å². The van der Waals surface area contributed by atoms with Gasteiger partial charge < -0.3 is 10.8 Å². The Balaban J connectivity index is 0. The quantitative estimate of drug-likeness (QED) is 0.468. The summed E-state index contributed by atoms with van der Waals surface area (Å²) in [7, 11) is 0. The van der Waals surface area contributed by atoms with Crippen LogP contribution in [0.3, 0.4) is 0 Å². The molecule has 144 valence electrons. The van der Waals surface area contributed by atoms with Crippen molar-refractivity contribution in [2.24, 2.45) is 11.7 Å². The van der Waals surface area contributed by atoms with E-state index >= 15 is 0 Å². The van der Waals surface area contributed by atoms with Gasteiger partial charge in [-0.2, -0.15) is 0 Å². The lowest BCUT2D eigenvalue weighted by atomic mass is 9.92. The van der Waals surface area contributed by atoms with Gasteiger partial charge in [-0.3, -0.25) is 4.79 Å². The average Bonchev–Trinajstić information content (AvgIpc) is 2.66. The molecule has 3 N–H and O–H groups in total.